The Kier molecular flexibility index (Phi) is 5.29. The molecule has 0 aromatic rings. The summed E-state index contributed by atoms with van der Waals surface area (Å²) in [5, 5.41) is 4.49. The summed E-state index contributed by atoms with van der Waals surface area (Å²) in [6.45, 7) is 2.54. The Bertz CT molecular complexity index is 621. The molecule has 1 saturated carbocycles. The lowest BCUT2D eigenvalue weighted by Crippen LogP contribution is -2.54. The zero-order valence-electron chi connectivity index (χ0n) is 14.2. The summed E-state index contributed by atoms with van der Waals surface area (Å²) < 4.78 is 4.84. The molecule has 1 aliphatic carbocycles. The van der Waals surface area contributed by atoms with Gasteiger partial charge in [-0.2, -0.15) is 0 Å². The second-order valence-electron chi connectivity index (χ2n) is 6.43. The van der Waals surface area contributed by atoms with Crippen LogP contribution in [0.4, 0.5) is 9.59 Å². The fourth-order valence-electron chi connectivity index (χ4n) is 3.28. The largest absolute Gasteiger partial charge is 0.451 e. The average molecular weight is 354 g/mol. The lowest BCUT2D eigenvalue weighted by atomic mass is 9.73. The van der Waals surface area contributed by atoms with Crippen LogP contribution in [0.5, 0.6) is 0 Å². The Morgan fingerprint density at radius 3 is 2.68 bits per heavy atom. The summed E-state index contributed by atoms with van der Waals surface area (Å²) in [7, 11) is 0. The van der Waals surface area contributed by atoms with Gasteiger partial charge in [0.15, 0.2) is 6.10 Å². The first-order valence-electron chi connectivity index (χ1n) is 8.11. The number of carbonyl (C=O) groups excluding carboxylic acids is 5. The normalized spacial score (nSPS) is 27.0. The standard InChI is InChI=1S/C15H22N4O6/c1-8-5-3-4-6-15(8)12(22)19(14(24)18-15)7-10(20)25-9(2)11(21)17-13(16)23/h8-9H,3-7H2,1-2H3,(H,18,24)(H3,16,17,21,23)/t8-,9+,15+/m1/s1. The van der Waals surface area contributed by atoms with Crippen LogP contribution in [0.3, 0.4) is 0 Å². The van der Waals surface area contributed by atoms with Gasteiger partial charge in [-0.25, -0.2) is 9.59 Å². The molecular formula is C15H22N4O6. The van der Waals surface area contributed by atoms with Crippen LogP contribution in [0.15, 0.2) is 0 Å². The highest BCUT2D eigenvalue weighted by Crippen LogP contribution is 2.38. The number of rotatable bonds is 4. The van der Waals surface area contributed by atoms with E-state index in [4.69, 9.17) is 10.5 Å². The first-order chi connectivity index (χ1) is 11.7. The molecule has 0 aromatic heterocycles. The number of nitrogens with zero attached hydrogens (tertiary/aromatic N) is 1. The quantitative estimate of drug-likeness (QED) is 0.463. The van der Waals surface area contributed by atoms with Crippen LogP contribution in [-0.4, -0.2) is 52.9 Å². The molecule has 6 amide bonds. The summed E-state index contributed by atoms with van der Waals surface area (Å²) in [5.74, 6) is -2.30. The molecular weight excluding hydrogens is 332 g/mol. The van der Waals surface area contributed by atoms with E-state index in [-0.39, 0.29) is 5.92 Å². The van der Waals surface area contributed by atoms with Gasteiger partial charge in [0.2, 0.25) is 0 Å². The van der Waals surface area contributed by atoms with E-state index < -0.39 is 48.0 Å². The number of urea groups is 2. The second kappa shape index (κ2) is 7.08. The van der Waals surface area contributed by atoms with Crippen molar-refractivity contribution >= 4 is 29.8 Å². The smallest absolute Gasteiger partial charge is 0.327 e. The third-order valence-corrected chi connectivity index (χ3v) is 4.71. The van der Waals surface area contributed by atoms with Crippen molar-refractivity contribution in [1.82, 2.24) is 15.5 Å². The second-order valence-corrected chi connectivity index (χ2v) is 6.43. The Hall–Kier alpha value is -2.65. The minimum absolute atomic E-state index is 0.0287. The number of primary amides is 1. The van der Waals surface area contributed by atoms with Gasteiger partial charge in [0.1, 0.15) is 12.1 Å². The van der Waals surface area contributed by atoms with Gasteiger partial charge < -0.3 is 15.8 Å². The molecule has 3 atom stereocenters. The number of hydrogen-bond acceptors (Lipinski definition) is 6. The number of amides is 6. The van der Waals surface area contributed by atoms with Crippen LogP contribution < -0.4 is 16.4 Å². The van der Waals surface area contributed by atoms with Crippen molar-refractivity contribution in [3.05, 3.63) is 0 Å². The van der Waals surface area contributed by atoms with Crippen LogP contribution in [0, 0.1) is 5.92 Å². The fraction of sp³-hybridized carbons (Fsp3) is 0.667. The van der Waals surface area contributed by atoms with Crippen LogP contribution in [0.25, 0.3) is 0 Å². The Labute approximate surface area is 144 Å². The molecule has 1 saturated heterocycles. The molecule has 0 unspecified atom stereocenters. The molecule has 10 heteroatoms. The SMILES string of the molecule is C[C@H](OC(=O)CN1C(=O)N[C@]2(CCCC[C@H]2C)C1=O)C(=O)NC(N)=O. The van der Waals surface area contributed by atoms with Crippen LogP contribution >= 0.6 is 0 Å². The lowest BCUT2D eigenvalue weighted by Gasteiger charge is -2.36. The van der Waals surface area contributed by atoms with Gasteiger partial charge in [-0.3, -0.25) is 24.6 Å². The number of esters is 1. The highest BCUT2D eigenvalue weighted by Gasteiger charge is 2.55. The molecule has 0 aromatic carbocycles. The van der Waals surface area contributed by atoms with E-state index in [1.165, 1.54) is 6.92 Å². The predicted octanol–water partition coefficient (Wildman–Crippen LogP) is -0.386. The molecule has 2 rings (SSSR count). The molecule has 0 radical (unpaired) electrons. The molecule has 1 heterocycles. The minimum atomic E-state index is -1.29. The first-order valence-corrected chi connectivity index (χ1v) is 8.11. The fourth-order valence-corrected chi connectivity index (χ4v) is 3.28. The van der Waals surface area contributed by atoms with Crippen molar-refractivity contribution in [3.63, 3.8) is 0 Å². The summed E-state index contributed by atoms with van der Waals surface area (Å²) >= 11 is 0. The van der Waals surface area contributed by atoms with Gasteiger partial charge in [0.25, 0.3) is 11.8 Å². The van der Waals surface area contributed by atoms with E-state index in [9.17, 15) is 24.0 Å². The zero-order valence-corrected chi connectivity index (χ0v) is 14.2. The molecule has 25 heavy (non-hydrogen) atoms. The van der Waals surface area contributed by atoms with E-state index >= 15 is 0 Å². The predicted molar refractivity (Wildman–Crippen MR) is 83.9 cm³/mol. The van der Waals surface area contributed by atoms with Crippen molar-refractivity contribution in [2.45, 2.75) is 51.2 Å². The average Bonchev–Trinajstić information content (AvgIpc) is 2.75. The molecule has 1 aliphatic heterocycles. The minimum Gasteiger partial charge on any atom is -0.451 e. The van der Waals surface area contributed by atoms with E-state index in [0.29, 0.717) is 6.42 Å². The summed E-state index contributed by atoms with van der Waals surface area (Å²) in [4.78, 5) is 59.7. The van der Waals surface area contributed by atoms with Gasteiger partial charge in [0.05, 0.1) is 0 Å². The first kappa shape index (κ1) is 18.7. The Morgan fingerprint density at radius 2 is 2.08 bits per heavy atom. The topological polar surface area (TPSA) is 148 Å². The number of hydrogen-bond donors (Lipinski definition) is 3. The number of nitrogens with one attached hydrogen (secondary N) is 2. The molecule has 1 spiro atoms. The highest BCUT2D eigenvalue weighted by atomic mass is 16.5. The van der Waals surface area contributed by atoms with Crippen LogP contribution in [0.1, 0.15) is 39.5 Å². The van der Waals surface area contributed by atoms with Crippen molar-refractivity contribution < 1.29 is 28.7 Å². The maximum atomic E-state index is 12.7. The maximum absolute atomic E-state index is 12.7. The lowest BCUT2D eigenvalue weighted by molar-refractivity contribution is -0.156. The van der Waals surface area contributed by atoms with Crippen molar-refractivity contribution in [1.29, 1.82) is 0 Å². The van der Waals surface area contributed by atoms with Crippen molar-refractivity contribution in [2.75, 3.05) is 6.54 Å². The van der Waals surface area contributed by atoms with E-state index in [1.807, 2.05) is 6.92 Å². The molecule has 2 aliphatic rings. The summed E-state index contributed by atoms with van der Waals surface area (Å²) in [6, 6.07) is -1.72. The maximum Gasteiger partial charge on any atom is 0.327 e. The monoisotopic (exact) mass is 354 g/mol. The summed E-state index contributed by atoms with van der Waals surface area (Å²) in [6.07, 6.45) is 1.86. The molecule has 138 valence electrons. The third kappa shape index (κ3) is 3.72. The van der Waals surface area contributed by atoms with Crippen LogP contribution in [-0.2, 0) is 19.1 Å². The van der Waals surface area contributed by atoms with E-state index in [1.54, 1.807) is 5.32 Å². The van der Waals surface area contributed by atoms with Crippen LogP contribution in [0.2, 0.25) is 0 Å². The zero-order chi connectivity index (χ0) is 18.8. The van der Waals surface area contributed by atoms with Crippen molar-refractivity contribution in [2.24, 2.45) is 11.7 Å². The summed E-state index contributed by atoms with van der Waals surface area (Å²) in [5.41, 5.74) is 3.84. The molecule has 0 bridgehead atoms. The Morgan fingerprint density at radius 1 is 1.40 bits per heavy atom. The molecule has 2 fully saturated rings. The molecule has 4 N–H and O–H groups in total. The highest BCUT2D eigenvalue weighted by molar-refractivity contribution is 6.09. The van der Waals surface area contributed by atoms with Gasteiger partial charge >= 0.3 is 18.0 Å². The third-order valence-electron chi connectivity index (χ3n) is 4.71. The molecule has 10 nitrogen and oxygen atoms in total. The van der Waals surface area contributed by atoms with Gasteiger partial charge in [-0.15, -0.1) is 0 Å². The number of nitrogens with two attached hydrogens (primary N) is 1. The van der Waals surface area contributed by atoms with Gasteiger partial charge in [0, 0.05) is 0 Å². The van der Waals surface area contributed by atoms with Gasteiger partial charge in [-0.1, -0.05) is 19.8 Å². The number of carbonyl (C=O) groups is 5. The van der Waals surface area contributed by atoms with E-state index in [2.05, 4.69) is 5.32 Å². The van der Waals surface area contributed by atoms with Crippen molar-refractivity contribution in [3.8, 4) is 0 Å². The number of imide groups is 2. The number of ether oxygens (including phenoxy) is 1. The Balaban J connectivity index is 1.99. The van der Waals surface area contributed by atoms with Gasteiger partial charge in [-0.05, 0) is 25.7 Å². The van der Waals surface area contributed by atoms with E-state index in [0.717, 1.165) is 24.2 Å².